The van der Waals surface area contributed by atoms with E-state index in [1.807, 2.05) is 11.6 Å². The maximum Gasteiger partial charge on any atom is 0.220 e. The molecule has 1 amide bonds. The van der Waals surface area contributed by atoms with E-state index < -0.39 is 0 Å². The molecule has 0 bridgehead atoms. The van der Waals surface area contributed by atoms with Crippen LogP contribution in [0.5, 0.6) is 0 Å². The third-order valence-electron chi connectivity index (χ3n) is 3.76. The first-order valence-corrected chi connectivity index (χ1v) is 8.15. The lowest BCUT2D eigenvalue weighted by atomic mass is 9.93. The maximum absolute atomic E-state index is 11.4. The van der Waals surface area contributed by atoms with E-state index in [1.165, 1.54) is 0 Å². The molecule has 1 aromatic rings. The molecule has 1 aromatic heterocycles. The third kappa shape index (κ3) is 4.70. The van der Waals surface area contributed by atoms with Gasteiger partial charge in [-0.25, -0.2) is 4.98 Å². The molecule has 6 nitrogen and oxygen atoms in total. The Morgan fingerprint density at radius 2 is 2.29 bits per heavy atom. The van der Waals surface area contributed by atoms with Crippen LogP contribution in [0.3, 0.4) is 0 Å². The van der Waals surface area contributed by atoms with Crippen molar-refractivity contribution in [1.82, 2.24) is 20.5 Å². The monoisotopic (exact) mass is 309 g/mol. The van der Waals surface area contributed by atoms with Gasteiger partial charge in [-0.05, 0) is 18.8 Å². The molecular weight excluding hydrogens is 286 g/mol. The van der Waals surface area contributed by atoms with E-state index in [1.54, 1.807) is 25.4 Å². The van der Waals surface area contributed by atoms with Crippen molar-refractivity contribution in [3.05, 3.63) is 16.6 Å². The molecule has 1 aliphatic rings. The highest BCUT2D eigenvalue weighted by atomic mass is 32.1. The number of carbonyl (C=O) groups is 1. The molecule has 116 valence electrons. The van der Waals surface area contributed by atoms with Gasteiger partial charge in [0.2, 0.25) is 5.91 Å². The molecule has 0 unspecified atom stereocenters. The average molecular weight is 309 g/mol. The van der Waals surface area contributed by atoms with E-state index in [-0.39, 0.29) is 5.91 Å². The highest BCUT2D eigenvalue weighted by Gasteiger charge is 2.23. The van der Waals surface area contributed by atoms with Gasteiger partial charge in [0.25, 0.3) is 0 Å². The lowest BCUT2D eigenvalue weighted by molar-refractivity contribution is -0.121. The Hall–Kier alpha value is -1.63. The second kappa shape index (κ2) is 7.97. The van der Waals surface area contributed by atoms with Crippen molar-refractivity contribution < 1.29 is 4.79 Å². The molecule has 1 aliphatic heterocycles. The normalized spacial score (nSPS) is 16.9. The first-order chi connectivity index (χ1) is 10.2. The number of nitrogens with zero attached hydrogens (tertiary/aromatic N) is 3. The van der Waals surface area contributed by atoms with Crippen LogP contribution in [0, 0.1) is 5.92 Å². The van der Waals surface area contributed by atoms with Gasteiger partial charge in [0.15, 0.2) is 5.96 Å². The number of nitrogens with one attached hydrogen (secondary N) is 2. The van der Waals surface area contributed by atoms with Crippen molar-refractivity contribution in [2.45, 2.75) is 25.8 Å². The Bertz CT molecular complexity index is 466. The molecule has 0 atom stereocenters. The van der Waals surface area contributed by atoms with Gasteiger partial charge in [0.1, 0.15) is 5.01 Å². The van der Waals surface area contributed by atoms with E-state index in [2.05, 4.69) is 25.5 Å². The first-order valence-electron chi connectivity index (χ1n) is 7.27. The minimum absolute atomic E-state index is 0.139. The summed E-state index contributed by atoms with van der Waals surface area (Å²) in [7, 11) is 3.50. The second-order valence-electron chi connectivity index (χ2n) is 5.13. The lowest BCUT2D eigenvalue weighted by Gasteiger charge is -2.33. The fourth-order valence-electron chi connectivity index (χ4n) is 2.54. The Morgan fingerprint density at radius 1 is 1.52 bits per heavy atom. The van der Waals surface area contributed by atoms with E-state index >= 15 is 0 Å². The molecule has 1 saturated heterocycles. The van der Waals surface area contributed by atoms with Crippen molar-refractivity contribution >= 4 is 23.2 Å². The molecule has 7 heteroatoms. The molecule has 2 heterocycles. The largest absolute Gasteiger partial charge is 0.359 e. The van der Waals surface area contributed by atoms with Crippen LogP contribution < -0.4 is 10.6 Å². The van der Waals surface area contributed by atoms with Gasteiger partial charge in [0.05, 0.1) is 6.54 Å². The quantitative estimate of drug-likeness (QED) is 0.645. The van der Waals surface area contributed by atoms with Crippen molar-refractivity contribution in [3.8, 4) is 0 Å². The average Bonchev–Trinajstić information content (AvgIpc) is 3.02. The molecule has 2 N–H and O–H groups in total. The Labute approximate surface area is 129 Å². The van der Waals surface area contributed by atoms with Crippen LogP contribution in [0.25, 0.3) is 0 Å². The van der Waals surface area contributed by atoms with Gasteiger partial charge >= 0.3 is 0 Å². The predicted molar refractivity (Wildman–Crippen MR) is 85.3 cm³/mol. The van der Waals surface area contributed by atoms with E-state index in [9.17, 15) is 4.79 Å². The Morgan fingerprint density at radius 3 is 2.86 bits per heavy atom. The van der Waals surface area contributed by atoms with Gasteiger partial charge in [-0.1, -0.05) is 0 Å². The second-order valence-corrected chi connectivity index (χ2v) is 6.11. The number of rotatable bonds is 4. The topological polar surface area (TPSA) is 69.6 Å². The van der Waals surface area contributed by atoms with Crippen LogP contribution in [-0.4, -0.2) is 48.9 Å². The minimum Gasteiger partial charge on any atom is -0.359 e. The van der Waals surface area contributed by atoms with Crippen LogP contribution >= 0.6 is 11.3 Å². The molecule has 0 spiro atoms. The number of hydrogen-bond acceptors (Lipinski definition) is 4. The van der Waals surface area contributed by atoms with E-state index in [4.69, 9.17) is 0 Å². The minimum atomic E-state index is 0.139. The summed E-state index contributed by atoms with van der Waals surface area (Å²) in [6.07, 6.45) is 4.51. The summed E-state index contributed by atoms with van der Waals surface area (Å²) in [5.41, 5.74) is 0. The zero-order chi connectivity index (χ0) is 15.1. The molecule has 21 heavy (non-hydrogen) atoms. The summed E-state index contributed by atoms with van der Waals surface area (Å²) < 4.78 is 0. The number of likely N-dealkylation sites (tertiary alicyclic amines) is 1. The maximum atomic E-state index is 11.4. The standard InChI is InChI=1S/C14H23N5OS/c1-15-12(20)9-11-3-6-19(7-4-11)14(16-2)18-10-13-17-5-8-21-13/h5,8,11H,3-4,6-7,9-10H2,1-2H3,(H,15,20)(H,16,18). The molecular formula is C14H23N5OS. The lowest BCUT2D eigenvalue weighted by Crippen LogP contribution is -2.45. The summed E-state index contributed by atoms with van der Waals surface area (Å²) in [6.45, 7) is 2.60. The van der Waals surface area contributed by atoms with Crippen molar-refractivity contribution in [3.63, 3.8) is 0 Å². The molecule has 1 fully saturated rings. The number of aromatic nitrogens is 1. The highest BCUT2D eigenvalue weighted by Crippen LogP contribution is 2.20. The molecule has 0 aliphatic carbocycles. The van der Waals surface area contributed by atoms with Crippen LogP contribution in [0.4, 0.5) is 0 Å². The van der Waals surface area contributed by atoms with Crippen molar-refractivity contribution in [2.75, 3.05) is 27.2 Å². The number of amides is 1. The predicted octanol–water partition coefficient (Wildman–Crippen LogP) is 1.07. The Balaban J connectivity index is 1.78. The summed E-state index contributed by atoms with van der Waals surface area (Å²) in [4.78, 5) is 22.3. The van der Waals surface area contributed by atoms with Gasteiger partial charge < -0.3 is 15.5 Å². The van der Waals surface area contributed by atoms with Crippen molar-refractivity contribution in [1.29, 1.82) is 0 Å². The zero-order valence-electron chi connectivity index (χ0n) is 12.6. The fourth-order valence-corrected chi connectivity index (χ4v) is 3.10. The van der Waals surface area contributed by atoms with Gasteiger partial charge in [-0.15, -0.1) is 11.3 Å². The van der Waals surface area contributed by atoms with Crippen molar-refractivity contribution in [2.24, 2.45) is 10.9 Å². The third-order valence-corrected chi connectivity index (χ3v) is 4.54. The summed E-state index contributed by atoms with van der Waals surface area (Å²) >= 11 is 1.64. The molecule has 0 aromatic carbocycles. The Kier molecular flexibility index (Phi) is 5.98. The van der Waals surface area contributed by atoms with E-state index in [0.717, 1.165) is 36.9 Å². The summed E-state index contributed by atoms with van der Waals surface area (Å²) in [5.74, 6) is 1.54. The highest BCUT2D eigenvalue weighted by molar-refractivity contribution is 7.09. The molecule has 0 radical (unpaired) electrons. The molecule has 0 saturated carbocycles. The van der Waals surface area contributed by atoms with Gasteiger partial charge in [-0.2, -0.15) is 0 Å². The van der Waals surface area contributed by atoms with E-state index in [0.29, 0.717) is 18.9 Å². The first kappa shape index (κ1) is 15.8. The smallest absolute Gasteiger partial charge is 0.220 e. The number of aliphatic imine (C=N–C) groups is 1. The summed E-state index contributed by atoms with van der Waals surface area (Å²) in [5, 5.41) is 9.09. The number of thiazole rings is 1. The van der Waals surface area contributed by atoms with Crippen LogP contribution in [0.15, 0.2) is 16.6 Å². The van der Waals surface area contributed by atoms with Crippen LogP contribution in [0.1, 0.15) is 24.3 Å². The SMILES string of the molecule is CN=C(NCc1nccs1)N1CCC(CC(=O)NC)CC1. The number of hydrogen-bond donors (Lipinski definition) is 2. The number of piperidine rings is 1. The zero-order valence-corrected chi connectivity index (χ0v) is 13.4. The number of carbonyl (C=O) groups excluding carboxylic acids is 1. The fraction of sp³-hybridized carbons (Fsp3) is 0.643. The van der Waals surface area contributed by atoms with Gasteiger partial charge in [0, 0.05) is 45.2 Å². The van der Waals surface area contributed by atoms with Crippen LogP contribution in [0.2, 0.25) is 0 Å². The number of guanidine groups is 1. The summed E-state index contributed by atoms with van der Waals surface area (Å²) in [6, 6.07) is 0. The molecule has 2 rings (SSSR count). The van der Waals surface area contributed by atoms with Gasteiger partial charge in [-0.3, -0.25) is 9.79 Å². The van der Waals surface area contributed by atoms with Crippen LogP contribution in [-0.2, 0) is 11.3 Å².